The SMILES string of the molecule is COCCNCC(=O)Nc1cc(-c2nnc3n2CCCCC3)ccc1C. The van der Waals surface area contributed by atoms with E-state index in [0.717, 1.165) is 47.8 Å². The van der Waals surface area contributed by atoms with Crippen LogP contribution in [-0.2, 0) is 22.5 Å². The van der Waals surface area contributed by atoms with E-state index < -0.39 is 0 Å². The highest BCUT2D eigenvalue weighted by atomic mass is 16.5. The van der Waals surface area contributed by atoms with Crippen LogP contribution in [0.4, 0.5) is 5.69 Å². The quantitative estimate of drug-likeness (QED) is 0.742. The zero-order valence-electron chi connectivity index (χ0n) is 15.5. The molecule has 26 heavy (non-hydrogen) atoms. The summed E-state index contributed by atoms with van der Waals surface area (Å²) in [7, 11) is 1.64. The van der Waals surface area contributed by atoms with Crippen molar-refractivity contribution in [2.24, 2.45) is 0 Å². The van der Waals surface area contributed by atoms with Crippen LogP contribution in [0, 0.1) is 6.92 Å². The lowest BCUT2D eigenvalue weighted by Gasteiger charge is -2.12. The minimum absolute atomic E-state index is 0.0681. The molecule has 1 aliphatic rings. The Morgan fingerprint density at radius 1 is 1.27 bits per heavy atom. The molecule has 2 aromatic rings. The van der Waals surface area contributed by atoms with Crippen molar-refractivity contribution in [2.75, 3.05) is 32.1 Å². The van der Waals surface area contributed by atoms with Gasteiger partial charge in [-0.25, -0.2) is 0 Å². The highest BCUT2D eigenvalue weighted by molar-refractivity contribution is 5.93. The smallest absolute Gasteiger partial charge is 0.238 e. The Bertz CT molecular complexity index is 756. The first-order chi connectivity index (χ1) is 12.7. The maximum Gasteiger partial charge on any atom is 0.238 e. The van der Waals surface area contributed by atoms with Crippen LogP contribution in [0.2, 0.25) is 0 Å². The van der Waals surface area contributed by atoms with Gasteiger partial charge in [0.15, 0.2) is 5.82 Å². The second-order valence-corrected chi connectivity index (χ2v) is 6.65. The van der Waals surface area contributed by atoms with Crippen molar-refractivity contribution < 1.29 is 9.53 Å². The lowest BCUT2D eigenvalue weighted by Crippen LogP contribution is -2.30. The van der Waals surface area contributed by atoms with Gasteiger partial charge in [-0.2, -0.15) is 0 Å². The van der Waals surface area contributed by atoms with Crippen molar-refractivity contribution in [3.63, 3.8) is 0 Å². The van der Waals surface area contributed by atoms with E-state index in [1.165, 1.54) is 12.8 Å². The Balaban J connectivity index is 1.74. The van der Waals surface area contributed by atoms with Crippen molar-refractivity contribution in [2.45, 2.75) is 39.2 Å². The number of ether oxygens (including phenoxy) is 1. The molecule has 0 radical (unpaired) electrons. The van der Waals surface area contributed by atoms with E-state index in [9.17, 15) is 4.79 Å². The minimum Gasteiger partial charge on any atom is -0.383 e. The molecule has 1 aromatic heterocycles. The van der Waals surface area contributed by atoms with E-state index in [1.54, 1.807) is 7.11 Å². The number of methoxy groups -OCH3 is 1. The van der Waals surface area contributed by atoms with Gasteiger partial charge in [0, 0.05) is 37.9 Å². The molecule has 2 heterocycles. The maximum absolute atomic E-state index is 12.2. The molecule has 0 spiro atoms. The minimum atomic E-state index is -0.0681. The Labute approximate surface area is 154 Å². The van der Waals surface area contributed by atoms with Gasteiger partial charge < -0.3 is 19.9 Å². The molecular formula is C19H27N5O2. The molecule has 1 aliphatic heterocycles. The molecule has 0 bridgehead atoms. The van der Waals surface area contributed by atoms with Crippen molar-refractivity contribution in [1.82, 2.24) is 20.1 Å². The van der Waals surface area contributed by atoms with E-state index in [-0.39, 0.29) is 12.5 Å². The van der Waals surface area contributed by atoms with E-state index in [4.69, 9.17) is 4.74 Å². The van der Waals surface area contributed by atoms with Gasteiger partial charge in [-0.3, -0.25) is 4.79 Å². The number of nitrogens with one attached hydrogen (secondary N) is 2. The summed E-state index contributed by atoms with van der Waals surface area (Å²) in [5.74, 6) is 1.88. The Kier molecular flexibility index (Phi) is 6.35. The van der Waals surface area contributed by atoms with Crippen molar-refractivity contribution in [1.29, 1.82) is 0 Å². The largest absolute Gasteiger partial charge is 0.383 e. The number of fused-ring (bicyclic) bond motifs is 1. The number of carbonyl (C=O) groups excluding carboxylic acids is 1. The first-order valence-corrected chi connectivity index (χ1v) is 9.21. The standard InChI is InChI=1S/C19H27N5O2/c1-14-7-8-15(12-16(14)21-18(25)13-20-9-11-26-2)19-23-22-17-6-4-3-5-10-24(17)19/h7-8,12,20H,3-6,9-11,13H2,1-2H3,(H,21,25). The summed E-state index contributed by atoms with van der Waals surface area (Å²) in [6.45, 7) is 4.43. The van der Waals surface area contributed by atoms with Gasteiger partial charge in [0.2, 0.25) is 5.91 Å². The third-order valence-corrected chi connectivity index (χ3v) is 4.65. The van der Waals surface area contributed by atoms with E-state index in [2.05, 4.69) is 25.4 Å². The third-order valence-electron chi connectivity index (χ3n) is 4.65. The van der Waals surface area contributed by atoms with Gasteiger partial charge in [-0.15, -0.1) is 10.2 Å². The monoisotopic (exact) mass is 357 g/mol. The number of amides is 1. The lowest BCUT2D eigenvalue weighted by atomic mass is 10.1. The van der Waals surface area contributed by atoms with E-state index in [0.29, 0.717) is 13.2 Å². The number of hydrogen-bond acceptors (Lipinski definition) is 5. The van der Waals surface area contributed by atoms with Crippen LogP contribution < -0.4 is 10.6 Å². The zero-order valence-corrected chi connectivity index (χ0v) is 15.5. The van der Waals surface area contributed by atoms with Crippen LogP contribution >= 0.6 is 0 Å². The first-order valence-electron chi connectivity index (χ1n) is 9.21. The van der Waals surface area contributed by atoms with Gasteiger partial charge in [0.1, 0.15) is 5.82 Å². The second-order valence-electron chi connectivity index (χ2n) is 6.65. The molecule has 140 valence electrons. The van der Waals surface area contributed by atoms with Gasteiger partial charge in [-0.1, -0.05) is 18.6 Å². The van der Waals surface area contributed by atoms with Crippen LogP contribution in [-0.4, -0.2) is 47.5 Å². The number of nitrogens with zero attached hydrogens (tertiary/aromatic N) is 3. The third kappa shape index (κ3) is 4.47. The molecular weight excluding hydrogens is 330 g/mol. The number of aryl methyl sites for hydroxylation is 2. The fourth-order valence-electron chi connectivity index (χ4n) is 3.16. The number of anilines is 1. The number of carbonyl (C=O) groups is 1. The van der Waals surface area contributed by atoms with Crippen molar-refractivity contribution in [3.05, 3.63) is 29.6 Å². The van der Waals surface area contributed by atoms with Crippen LogP contribution in [0.15, 0.2) is 18.2 Å². The average molecular weight is 357 g/mol. The summed E-state index contributed by atoms with van der Waals surface area (Å²) in [6, 6.07) is 6.05. The Morgan fingerprint density at radius 2 is 2.15 bits per heavy atom. The first kappa shape index (κ1) is 18.5. The lowest BCUT2D eigenvalue weighted by molar-refractivity contribution is -0.115. The molecule has 7 heteroatoms. The molecule has 7 nitrogen and oxygen atoms in total. The summed E-state index contributed by atoms with van der Waals surface area (Å²) < 4.78 is 7.18. The molecule has 3 rings (SSSR count). The fraction of sp³-hybridized carbons (Fsp3) is 0.526. The summed E-state index contributed by atoms with van der Waals surface area (Å²) in [6.07, 6.45) is 4.54. The molecule has 0 fully saturated rings. The number of rotatable bonds is 7. The van der Waals surface area contributed by atoms with Gasteiger partial charge >= 0.3 is 0 Å². The second kappa shape index (κ2) is 8.91. The normalized spacial score (nSPS) is 13.9. The molecule has 2 N–H and O–H groups in total. The van der Waals surface area contributed by atoms with Gasteiger partial charge in [-0.05, 0) is 31.4 Å². The topological polar surface area (TPSA) is 81.1 Å². The van der Waals surface area contributed by atoms with Crippen LogP contribution in [0.25, 0.3) is 11.4 Å². The van der Waals surface area contributed by atoms with E-state index in [1.807, 2.05) is 25.1 Å². The van der Waals surface area contributed by atoms with Crippen LogP contribution in [0.5, 0.6) is 0 Å². The fourth-order valence-corrected chi connectivity index (χ4v) is 3.16. The molecule has 0 saturated carbocycles. The highest BCUT2D eigenvalue weighted by Crippen LogP contribution is 2.26. The molecule has 0 saturated heterocycles. The Morgan fingerprint density at radius 3 is 3.00 bits per heavy atom. The van der Waals surface area contributed by atoms with Crippen LogP contribution in [0.1, 0.15) is 30.7 Å². The van der Waals surface area contributed by atoms with Crippen LogP contribution in [0.3, 0.4) is 0 Å². The van der Waals surface area contributed by atoms with Gasteiger partial charge in [0.25, 0.3) is 0 Å². The summed E-state index contributed by atoms with van der Waals surface area (Å²) in [4.78, 5) is 12.2. The highest BCUT2D eigenvalue weighted by Gasteiger charge is 2.17. The summed E-state index contributed by atoms with van der Waals surface area (Å²) >= 11 is 0. The molecule has 1 aromatic carbocycles. The Hall–Kier alpha value is -2.25. The average Bonchev–Trinajstić information content (AvgIpc) is 2.89. The number of hydrogen-bond donors (Lipinski definition) is 2. The van der Waals surface area contributed by atoms with Crippen molar-refractivity contribution in [3.8, 4) is 11.4 Å². The number of benzene rings is 1. The zero-order chi connectivity index (χ0) is 18.4. The van der Waals surface area contributed by atoms with Crippen molar-refractivity contribution >= 4 is 11.6 Å². The van der Waals surface area contributed by atoms with Gasteiger partial charge in [0.05, 0.1) is 13.2 Å². The maximum atomic E-state index is 12.2. The summed E-state index contributed by atoms with van der Waals surface area (Å²) in [5.41, 5.74) is 2.82. The number of aromatic nitrogens is 3. The molecule has 1 amide bonds. The van der Waals surface area contributed by atoms with E-state index >= 15 is 0 Å². The predicted octanol–water partition coefficient (Wildman–Crippen LogP) is 2.15. The molecule has 0 atom stereocenters. The molecule has 0 unspecified atom stereocenters. The predicted molar refractivity (Wildman–Crippen MR) is 101 cm³/mol. The molecule has 0 aliphatic carbocycles. The summed E-state index contributed by atoms with van der Waals surface area (Å²) in [5, 5.41) is 14.8.